The molecule has 0 spiro atoms. The molecule has 0 aliphatic heterocycles. The Bertz CT molecular complexity index is 168. The molecule has 1 fully saturated rings. The predicted molar refractivity (Wildman–Crippen MR) is 50.5 cm³/mol. The molecule has 1 heteroatoms. The highest BCUT2D eigenvalue weighted by molar-refractivity contribution is 4.79. The number of hydrogen-bond donors (Lipinski definition) is 0. The van der Waals surface area contributed by atoms with E-state index < -0.39 is 0 Å². The van der Waals surface area contributed by atoms with Crippen molar-refractivity contribution < 1.29 is 0 Å². The van der Waals surface area contributed by atoms with Crippen molar-refractivity contribution in [3.05, 3.63) is 0 Å². The van der Waals surface area contributed by atoms with Gasteiger partial charge in [-0.3, -0.25) is 0 Å². The van der Waals surface area contributed by atoms with Crippen molar-refractivity contribution >= 4 is 0 Å². The Morgan fingerprint density at radius 3 is 2.67 bits per heavy atom. The van der Waals surface area contributed by atoms with Crippen molar-refractivity contribution in [2.75, 3.05) is 0 Å². The SMILES string of the molecule is CC1CCC(CCC#N)C(C)C1. The van der Waals surface area contributed by atoms with E-state index in [1.807, 2.05) is 0 Å². The van der Waals surface area contributed by atoms with Crippen molar-refractivity contribution in [2.45, 2.75) is 46.0 Å². The lowest BCUT2D eigenvalue weighted by Gasteiger charge is -2.32. The zero-order valence-corrected chi connectivity index (χ0v) is 8.21. The Morgan fingerprint density at radius 2 is 2.08 bits per heavy atom. The van der Waals surface area contributed by atoms with Crippen LogP contribution < -0.4 is 0 Å². The molecular weight excluding hydrogens is 146 g/mol. The molecule has 1 saturated carbocycles. The van der Waals surface area contributed by atoms with Crippen molar-refractivity contribution in [3.8, 4) is 6.07 Å². The van der Waals surface area contributed by atoms with Crippen LogP contribution in [0.3, 0.4) is 0 Å². The third kappa shape index (κ3) is 2.52. The van der Waals surface area contributed by atoms with Gasteiger partial charge in [0.2, 0.25) is 0 Å². The van der Waals surface area contributed by atoms with E-state index in [-0.39, 0.29) is 0 Å². The molecule has 0 saturated heterocycles. The van der Waals surface area contributed by atoms with Crippen LogP contribution in [0.15, 0.2) is 0 Å². The molecule has 68 valence electrons. The third-order valence-electron chi connectivity index (χ3n) is 3.24. The minimum Gasteiger partial charge on any atom is -0.198 e. The van der Waals surface area contributed by atoms with Crippen LogP contribution in [-0.2, 0) is 0 Å². The number of nitrogens with zero attached hydrogens (tertiary/aromatic N) is 1. The summed E-state index contributed by atoms with van der Waals surface area (Å²) in [6.07, 6.45) is 5.98. The molecule has 0 radical (unpaired) electrons. The predicted octanol–water partition coefficient (Wildman–Crippen LogP) is 3.36. The van der Waals surface area contributed by atoms with E-state index in [1.54, 1.807) is 0 Å². The molecule has 0 aromatic heterocycles. The quantitative estimate of drug-likeness (QED) is 0.615. The summed E-state index contributed by atoms with van der Waals surface area (Å²) >= 11 is 0. The Hall–Kier alpha value is -0.510. The zero-order chi connectivity index (χ0) is 8.97. The van der Waals surface area contributed by atoms with E-state index in [9.17, 15) is 0 Å². The summed E-state index contributed by atoms with van der Waals surface area (Å²) in [5, 5.41) is 8.49. The molecule has 1 aliphatic rings. The van der Waals surface area contributed by atoms with Gasteiger partial charge in [0.05, 0.1) is 6.07 Å². The van der Waals surface area contributed by atoms with Crippen molar-refractivity contribution in [3.63, 3.8) is 0 Å². The Labute approximate surface area is 75.8 Å². The highest BCUT2D eigenvalue weighted by Crippen LogP contribution is 2.35. The van der Waals surface area contributed by atoms with Gasteiger partial charge in [0.15, 0.2) is 0 Å². The topological polar surface area (TPSA) is 23.8 Å². The minimum absolute atomic E-state index is 0.753. The lowest BCUT2D eigenvalue weighted by atomic mass is 9.74. The van der Waals surface area contributed by atoms with Gasteiger partial charge in [-0.05, 0) is 37.0 Å². The van der Waals surface area contributed by atoms with Crippen LogP contribution in [0.4, 0.5) is 0 Å². The molecule has 1 nitrogen and oxygen atoms in total. The Morgan fingerprint density at radius 1 is 1.33 bits per heavy atom. The monoisotopic (exact) mass is 165 g/mol. The van der Waals surface area contributed by atoms with E-state index >= 15 is 0 Å². The maximum atomic E-state index is 8.49. The smallest absolute Gasteiger partial charge is 0.0621 e. The van der Waals surface area contributed by atoms with E-state index in [0.29, 0.717) is 0 Å². The summed E-state index contributed by atoms with van der Waals surface area (Å²) in [7, 11) is 0. The minimum atomic E-state index is 0.753. The second-order valence-corrected chi connectivity index (χ2v) is 4.35. The molecular formula is C11H19N. The Kier molecular flexibility index (Phi) is 3.59. The fraction of sp³-hybridized carbons (Fsp3) is 0.909. The van der Waals surface area contributed by atoms with Gasteiger partial charge in [0.1, 0.15) is 0 Å². The van der Waals surface area contributed by atoms with Crippen molar-refractivity contribution in [1.82, 2.24) is 0 Å². The molecule has 0 aromatic carbocycles. The van der Waals surface area contributed by atoms with Crippen LogP contribution in [0, 0.1) is 29.1 Å². The largest absolute Gasteiger partial charge is 0.198 e. The van der Waals surface area contributed by atoms with E-state index in [4.69, 9.17) is 5.26 Å². The van der Waals surface area contributed by atoms with E-state index in [0.717, 1.165) is 30.6 Å². The van der Waals surface area contributed by atoms with E-state index in [1.165, 1.54) is 19.3 Å². The normalized spacial score (nSPS) is 35.9. The van der Waals surface area contributed by atoms with Crippen LogP contribution >= 0.6 is 0 Å². The standard InChI is InChI=1S/C11H19N/c1-9-5-6-11(4-3-7-12)10(2)8-9/h9-11H,3-6,8H2,1-2H3. The fourth-order valence-electron chi connectivity index (χ4n) is 2.41. The molecule has 0 heterocycles. The molecule has 1 rings (SSSR count). The number of hydrogen-bond acceptors (Lipinski definition) is 1. The maximum Gasteiger partial charge on any atom is 0.0621 e. The van der Waals surface area contributed by atoms with Crippen LogP contribution in [-0.4, -0.2) is 0 Å². The summed E-state index contributed by atoms with van der Waals surface area (Å²) in [6, 6.07) is 2.25. The average molecular weight is 165 g/mol. The first kappa shape index (κ1) is 9.58. The molecule has 12 heavy (non-hydrogen) atoms. The van der Waals surface area contributed by atoms with Crippen LogP contribution in [0.2, 0.25) is 0 Å². The molecule has 3 atom stereocenters. The van der Waals surface area contributed by atoms with Crippen molar-refractivity contribution in [1.29, 1.82) is 5.26 Å². The first-order valence-electron chi connectivity index (χ1n) is 5.11. The Balaban J connectivity index is 2.30. The van der Waals surface area contributed by atoms with Crippen molar-refractivity contribution in [2.24, 2.45) is 17.8 Å². The van der Waals surface area contributed by atoms with Gasteiger partial charge in [0.25, 0.3) is 0 Å². The first-order chi connectivity index (χ1) is 5.74. The second-order valence-electron chi connectivity index (χ2n) is 4.35. The number of rotatable bonds is 2. The fourth-order valence-corrected chi connectivity index (χ4v) is 2.41. The van der Waals surface area contributed by atoms with E-state index in [2.05, 4.69) is 19.9 Å². The van der Waals surface area contributed by atoms with Crippen LogP contribution in [0.25, 0.3) is 0 Å². The van der Waals surface area contributed by atoms with Gasteiger partial charge in [-0.2, -0.15) is 5.26 Å². The van der Waals surface area contributed by atoms with Gasteiger partial charge >= 0.3 is 0 Å². The highest BCUT2D eigenvalue weighted by atomic mass is 14.3. The molecule has 0 aromatic rings. The molecule has 0 bridgehead atoms. The van der Waals surface area contributed by atoms with Crippen LogP contribution in [0.5, 0.6) is 0 Å². The first-order valence-corrected chi connectivity index (χ1v) is 5.11. The third-order valence-corrected chi connectivity index (χ3v) is 3.24. The lowest BCUT2D eigenvalue weighted by molar-refractivity contribution is 0.196. The number of nitriles is 1. The molecule has 0 N–H and O–H groups in total. The summed E-state index contributed by atoms with van der Waals surface area (Å²) in [6.45, 7) is 4.69. The zero-order valence-electron chi connectivity index (χ0n) is 8.21. The second kappa shape index (κ2) is 4.50. The van der Waals surface area contributed by atoms with Gasteiger partial charge in [-0.1, -0.05) is 20.3 Å². The van der Waals surface area contributed by atoms with Gasteiger partial charge < -0.3 is 0 Å². The van der Waals surface area contributed by atoms with Gasteiger partial charge in [0, 0.05) is 6.42 Å². The van der Waals surface area contributed by atoms with Crippen LogP contribution in [0.1, 0.15) is 46.0 Å². The molecule has 0 amide bonds. The average Bonchev–Trinajstić information content (AvgIpc) is 2.03. The molecule has 3 unspecified atom stereocenters. The molecule has 1 aliphatic carbocycles. The summed E-state index contributed by atoms with van der Waals surface area (Å²) in [4.78, 5) is 0. The summed E-state index contributed by atoms with van der Waals surface area (Å²) in [5.41, 5.74) is 0. The maximum absolute atomic E-state index is 8.49. The van der Waals surface area contributed by atoms with Gasteiger partial charge in [-0.25, -0.2) is 0 Å². The summed E-state index contributed by atoms with van der Waals surface area (Å²) < 4.78 is 0. The lowest BCUT2D eigenvalue weighted by Crippen LogP contribution is -2.21. The summed E-state index contributed by atoms with van der Waals surface area (Å²) in [5.74, 6) is 2.60. The van der Waals surface area contributed by atoms with Gasteiger partial charge in [-0.15, -0.1) is 0 Å². The highest BCUT2D eigenvalue weighted by Gasteiger charge is 2.24.